The van der Waals surface area contributed by atoms with Gasteiger partial charge in [-0.05, 0) is 0 Å². The third kappa shape index (κ3) is 3.67. The molecule has 26 heavy (non-hydrogen) atoms. The number of rotatable bonds is 4. The summed E-state index contributed by atoms with van der Waals surface area (Å²) in [6, 6.07) is 0.935. The molecule has 9 nitrogen and oxygen atoms in total. The molecule has 0 aliphatic carbocycles. The molecule has 0 fully saturated rings. The van der Waals surface area contributed by atoms with Gasteiger partial charge >= 0.3 is 11.9 Å². The van der Waals surface area contributed by atoms with Crippen LogP contribution < -0.4 is 20.1 Å². The van der Waals surface area contributed by atoms with Gasteiger partial charge in [-0.25, -0.2) is 22.4 Å². The minimum atomic E-state index is -3.90. The van der Waals surface area contributed by atoms with Crippen LogP contribution in [0.15, 0.2) is 28.1 Å². The number of carbonyl (C=O) groups is 2. The molecule has 0 bridgehead atoms. The highest BCUT2D eigenvalue weighted by Crippen LogP contribution is 2.40. The van der Waals surface area contributed by atoms with Gasteiger partial charge in [0.25, 0.3) is 0 Å². The standard InChI is InChI=1S/C15H14FN3O6S/c1-26(22,23)9-6-8-15(25-12(21)3-2-11(20)24-8)13(16)14(9)19-7-10-17-4-5-18-10/h2-3,6,19H,4-5,7H2,1H3,(H,17,18)/b3-2+. The second-order valence-corrected chi connectivity index (χ2v) is 7.43. The number of aliphatic imine (C=N–C) groups is 1. The molecule has 0 spiro atoms. The SMILES string of the molecule is CS(=O)(=O)c1cc2c(c(F)c1NCC1=NCCN1)OC(=O)/C=C/C(=O)O2. The molecule has 0 unspecified atom stereocenters. The Kier molecular flexibility index (Phi) is 4.64. The summed E-state index contributed by atoms with van der Waals surface area (Å²) >= 11 is 0. The fourth-order valence-electron chi connectivity index (χ4n) is 2.37. The first-order valence-corrected chi connectivity index (χ1v) is 9.34. The molecule has 3 rings (SSSR count). The van der Waals surface area contributed by atoms with Gasteiger partial charge in [-0.3, -0.25) is 4.99 Å². The molecule has 0 saturated heterocycles. The van der Waals surface area contributed by atoms with Crippen LogP contribution in [0.4, 0.5) is 10.1 Å². The summed E-state index contributed by atoms with van der Waals surface area (Å²) in [5.41, 5.74) is -0.406. The van der Waals surface area contributed by atoms with Crippen molar-refractivity contribution in [1.29, 1.82) is 0 Å². The van der Waals surface area contributed by atoms with Gasteiger partial charge in [0.15, 0.2) is 21.4 Å². The van der Waals surface area contributed by atoms with Gasteiger partial charge < -0.3 is 20.1 Å². The van der Waals surface area contributed by atoms with E-state index in [-0.39, 0.29) is 6.54 Å². The Morgan fingerprint density at radius 3 is 2.58 bits per heavy atom. The number of nitrogens with one attached hydrogen (secondary N) is 2. The minimum absolute atomic E-state index is 0.0336. The van der Waals surface area contributed by atoms with E-state index in [1.807, 2.05) is 0 Å². The number of fused-ring (bicyclic) bond motifs is 1. The van der Waals surface area contributed by atoms with Gasteiger partial charge in [0.05, 0.1) is 23.7 Å². The predicted octanol–water partition coefficient (Wildman–Crippen LogP) is 0.0234. The zero-order chi connectivity index (χ0) is 18.9. The molecule has 11 heteroatoms. The van der Waals surface area contributed by atoms with E-state index < -0.39 is 49.7 Å². The maximum absolute atomic E-state index is 15.0. The summed E-state index contributed by atoms with van der Waals surface area (Å²) in [6.07, 6.45) is 2.44. The zero-order valence-corrected chi connectivity index (χ0v) is 14.4. The lowest BCUT2D eigenvalue weighted by atomic mass is 10.2. The average Bonchev–Trinajstić information content (AvgIpc) is 3.06. The highest BCUT2D eigenvalue weighted by molar-refractivity contribution is 7.90. The third-order valence-corrected chi connectivity index (χ3v) is 4.62. The predicted molar refractivity (Wildman–Crippen MR) is 88.7 cm³/mol. The molecule has 0 radical (unpaired) electrons. The quantitative estimate of drug-likeness (QED) is 0.551. The number of sulfone groups is 1. The van der Waals surface area contributed by atoms with Gasteiger partial charge in [-0.1, -0.05) is 0 Å². The van der Waals surface area contributed by atoms with Crippen LogP contribution >= 0.6 is 0 Å². The zero-order valence-electron chi connectivity index (χ0n) is 13.5. The highest BCUT2D eigenvalue weighted by Gasteiger charge is 2.29. The Labute approximate surface area is 147 Å². The smallest absolute Gasteiger partial charge is 0.336 e. The molecule has 2 heterocycles. The Morgan fingerprint density at radius 1 is 1.27 bits per heavy atom. The number of hydrogen-bond acceptors (Lipinski definition) is 9. The van der Waals surface area contributed by atoms with Crippen LogP contribution in [0.3, 0.4) is 0 Å². The van der Waals surface area contributed by atoms with Gasteiger partial charge in [-0.15, -0.1) is 0 Å². The van der Waals surface area contributed by atoms with E-state index >= 15 is 0 Å². The van der Waals surface area contributed by atoms with E-state index in [0.717, 1.165) is 24.5 Å². The highest BCUT2D eigenvalue weighted by atomic mass is 32.2. The van der Waals surface area contributed by atoms with Crippen LogP contribution in [-0.2, 0) is 19.4 Å². The van der Waals surface area contributed by atoms with Crippen molar-refractivity contribution in [2.75, 3.05) is 31.2 Å². The lowest BCUT2D eigenvalue weighted by Crippen LogP contribution is -2.27. The summed E-state index contributed by atoms with van der Waals surface area (Å²) in [7, 11) is -3.90. The maximum atomic E-state index is 15.0. The van der Waals surface area contributed by atoms with Crippen molar-refractivity contribution in [3.05, 3.63) is 24.0 Å². The van der Waals surface area contributed by atoms with Gasteiger partial charge in [0, 0.05) is 31.0 Å². The van der Waals surface area contributed by atoms with E-state index in [4.69, 9.17) is 9.47 Å². The molecular formula is C15H14FN3O6S. The molecule has 138 valence electrons. The van der Waals surface area contributed by atoms with Gasteiger partial charge in [0.2, 0.25) is 5.75 Å². The number of nitrogens with zero attached hydrogens (tertiary/aromatic N) is 1. The summed E-state index contributed by atoms with van der Waals surface area (Å²) in [4.78, 5) is 26.9. The van der Waals surface area contributed by atoms with Crippen LogP contribution in [0.2, 0.25) is 0 Å². The number of esters is 2. The lowest BCUT2D eigenvalue weighted by Gasteiger charge is -2.18. The van der Waals surface area contributed by atoms with Crippen molar-refractivity contribution in [1.82, 2.24) is 5.32 Å². The number of benzene rings is 1. The van der Waals surface area contributed by atoms with E-state index in [0.29, 0.717) is 18.9 Å². The molecule has 0 amide bonds. The van der Waals surface area contributed by atoms with Gasteiger partial charge in [-0.2, -0.15) is 0 Å². The van der Waals surface area contributed by atoms with Crippen molar-refractivity contribution >= 4 is 33.3 Å². The molecule has 2 aliphatic heterocycles. The first-order valence-electron chi connectivity index (χ1n) is 7.45. The van der Waals surface area contributed by atoms with E-state index in [9.17, 15) is 22.4 Å². The molecule has 2 aliphatic rings. The van der Waals surface area contributed by atoms with Crippen molar-refractivity contribution in [3.63, 3.8) is 0 Å². The molecule has 0 aromatic heterocycles. The fraction of sp³-hybridized carbons (Fsp3) is 0.267. The molecule has 2 N–H and O–H groups in total. The Hall–Kier alpha value is -2.95. The normalized spacial score (nSPS) is 17.8. The summed E-state index contributed by atoms with van der Waals surface area (Å²) in [5, 5.41) is 5.59. The molecule has 1 aromatic rings. The minimum Gasteiger partial charge on any atom is -0.419 e. The van der Waals surface area contributed by atoms with Crippen molar-refractivity contribution in [2.24, 2.45) is 4.99 Å². The van der Waals surface area contributed by atoms with Crippen LogP contribution in [0.1, 0.15) is 0 Å². The molecule has 0 saturated carbocycles. The lowest BCUT2D eigenvalue weighted by molar-refractivity contribution is -0.133. The number of hydrogen-bond donors (Lipinski definition) is 2. The van der Waals surface area contributed by atoms with Crippen molar-refractivity contribution in [3.8, 4) is 11.5 Å². The van der Waals surface area contributed by atoms with Crippen LogP contribution in [-0.4, -0.2) is 52.1 Å². The number of carbonyl (C=O) groups excluding carboxylic acids is 2. The Balaban J connectivity index is 2.10. The Bertz CT molecular complexity index is 955. The van der Waals surface area contributed by atoms with Crippen LogP contribution in [0.25, 0.3) is 0 Å². The van der Waals surface area contributed by atoms with Crippen LogP contribution in [0.5, 0.6) is 11.5 Å². The van der Waals surface area contributed by atoms with Crippen molar-refractivity contribution in [2.45, 2.75) is 4.90 Å². The second-order valence-electron chi connectivity index (χ2n) is 5.45. The number of amidine groups is 1. The number of halogens is 1. The fourth-order valence-corrected chi connectivity index (χ4v) is 3.22. The largest absolute Gasteiger partial charge is 0.419 e. The first-order chi connectivity index (χ1) is 12.3. The van der Waals surface area contributed by atoms with E-state index in [2.05, 4.69) is 15.6 Å². The molecule has 0 atom stereocenters. The number of ether oxygens (including phenoxy) is 2. The summed E-state index contributed by atoms with van der Waals surface area (Å²) in [6.45, 7) is 1.22. The van der Waals surface area contributed by atoms with Gasteiger partial charge in [0.1, 0.15) is 5.84 Å². The summed E-state index contributed by atoms with van der Waals surface area (Å²) in [5.74, 6) is -3.79. The van der Waals surface area contributed by atoms with Crippen LogP contribution in [0, 0.1) is 5.82 Å². The second kappa shape index (κ2) is 6.75. The average molecular weight is 383 g/mol. The monoisotopic (exact) mass is 383 g/mol. The topological polar surface area (TPSA) is 123 Å². The van der Waals surface area contributed by atoms with E-state index in [1.165, 1.54) is 0 Å². The summed E-state index contributed by atoms with van der Waals surface area (Å²) < 4.78 is 48.8. The maximum Gasteiger partial charge on any atom is 0.336 e. The van der Waals surface area contributed by atoms with E-state index in [1.54, 1.807) is 0 Å². The third-order valence-electron chi connectivity index (χ3n) is 3.50. The number of anilines is 1. The molecule has 1 aromatic carbocycles. The van der Waals surface area contributed by atoms with Crippen molar-refractivity contribution < 1.29 is 31.9 Å². The Morgan fingerprint density at radius 2 is 1.96 bits per heavy atom. The first kappa shape index (κ1) is 17.9. The molecular weight excluding hydrogens is 369 g/mol.